The highest BCUT2D eigenvalue weighted by molar-refractivity contribution is 5.73. The molecule has 0 bridgehead atoms. The number of halogens is 1. The van der Waals surface area contributed by atoms with Gasteiger partial charge >= 0.3 is 0 Å². The van der Waals surface area contributed by atoms with Crippen LogP contribution >= 0.6 is 0 Å². The van der Waals surface area contributed by atoms with Crippen molar-refractivity contribution in [3.63, 3.8) is 0 Å². The number of hydrogen-bond acceptors (Lipinski definition) is 3. The lowest BCUT2D eigenvalue weighted by atomic mass is 9.80. The maximum Gasteiger partial charge on any atom is 0.123 e. The molecule has 2 aromatic rings. The summed E-state index contributed by atoms with van der Waals surface area (Å²) in [5.41, 5.74) is 7.53. The lowest BCUT2D eigenvalue weighted by Crippen LogP contribution is -2.41. The summed E-state index contributed by atoms with van der Waals surface area (Å²) in [7, 11) is 0. The smallest absolute Gasteiger partial charge is 0.123 e. The largest absolute Gasteiger partial charge is 0.371 e. The van der Waals surface area contributed by atoms with Gasteiger partial charge in [-0.05, 0) is 72.7 Å². The van der Waals surface area contributed by atoms with Gasteiger partial charge in [-0.15, -0.1) is 0 Å². The Hall–Kier alpha value is -2.07. The van der Waals surface area contributed by atoms with Gasteiger partial charge in [0.15, 0.2) is 0 Å². The minimum atomic E-state index is -0.181. The van der Waals surface area contributed by atoms with Crippen LogP contribution in [-0.4, -0.2) is 26.2 Å². The molecule has 0 saturated carbocycles. The van der Waals surface area contributed by atoms with E-state index in [-0.39, 0.29) is 5.82 Å². The number of anilines is 3. The van der Waals surface area contributed by atoms with Crippen LogP contribution in [0.25, 0.3) is 0 Å². The molecule has 1 fully saturated rings. The predicted molar refractivity (Wildman–Crippen MR) is 100 cm³/mol. The summed E-state index contributed by atoms with van der Waals surface area (Å²) in [5.74, 6) is 1.17. The van der Waals surface area contributed by atoms with E-state index < -0.39 is 0 Å². The number of rotatable bonds is 2. The average Bonchev–Trinajstić information content (AvgIpc) is 3.06. The minimum Gasteiger partial charge on any atom is -0.371 e. The van der Waals surface area contributed by atoms with E-state index in [1.807, 2.05) is 13.0 Å². The lowest BCUT2D eigenvalue weighted by molar-refractivity contribution is 0.470. The van der Waals surface area contributed by atoms with Crippen LogP contribution in [0.15, 0.2) is 30.3 Å². The fourth-order valence-electron chi connectivity index (χ4n) is 4.90. The molecule has 3 nitrogen and oxygen atoms in total. The fraction of sp³-hybridized carbons (Fsp3) is 0.429. The van der Waals surface area contributed by atoms with Crippen molar-refractivity contribution < 1.29 is 4.39 Å². The molecule has 0 aliphatic carbocycles. The van der Waals surface area contributed by atoms with E-state index in [4.69, 9.17) is 0 Å². The maximum absolute atomic E-state index is 13.4. The fourth-order valence-corrected chi connectivity index (χ4v) is 4.90. The van der Waals surface area contributed by atoms with Gasteiger partial charge in [-0.1, -0.05) is 0 Å². The molecule has 3 aliphatic rings. The zero-order valence-corrected chi connectivity index (χ0v) is 14.6. The molecule has 130 valence electrons. The molecule has 0 unspecified atom stereocenters. The summed E-state index contributed by atoms with van der Waals surface area (Å²) in [4.78, 5) is 2.61. The van der Waals surface area contributed by atoms with Crippen molar-refractivity contribution in [2.75, 3.05) is 36.4 Å². The summed E-state index contributed by atoms with van der Waals surface area (Å²) in [6, 6.07) is 9.59. The second kappa shape index (κ2) is 5.73. The standard InChI is InChI=1S/C21H24FN3/c1-13-7-16(22)4-5-20(13)24-17-8-14-3-2-6-25-12-15-10-23-11-19(15)18(9-17)21(14)25/h4-5,7-9,15,19,23-24H,2-3,6,10-12H2,1H3/t15-,19-/m1/s1. The van der Waals surface area contributed by atoms with Crippen molar-refractivity contribution in [1.29, 1.82) is 0 Å². The third-order valence-electron chi connectivity index (χ3n) is 6.07. The first-order valence-corrected chi connectivity index (χ1v) is 9.35. The maximum atomic E-state index is 13.4. The Kier molecular flexibility index (Phi) is 3.49. The monoisotopic (exact) mass is 337 g/mol. The van der Waals surface area contributed by atoms with Crippen LogP contribution < -0.4 is 15.5 Å². The van der Waals surface area contributed by atoms with Crippen LogP contribution in [0.1, 0.15) is 29.0 Å². The highest BCUT2D eigenvalue weighted by Gasteiger charge is 2.38. The van der Waals surface area contributed by atoms with Crippen LogP contribution in [0.5, 0.6) is 0 Å². The van der Waals surface area contributed by atoms with Crippen LogP contribution in [0.3, 0.4) is 0 Å². The van der Waals surface area contributed by atoms with E-state index >= 15 is 0 Å². The molecule has 0 amide bonds. The summed E-state index contributed by atoms with van der Waals surface area (Å²) >= 11 is 0. The Morgan fingerprint density at radius 3 is 3.00 bits per heavy atom. The molecule has 2 N–H and O–H groups in total. The summed E-state index contributed by atoms with van der Waals surface area (Å²) < 4.78 is 13.4. The molecule has 0 aromatic heterocycles. The Morgan fingerprint density at radius 1 is 1.20 bits per heavy atom. The molecule has 4 heteroatoms. The average molecular weight is 337 g/mol. The van der Waals surface area contributed by atoms with E-state index in [2.05, 4.69) is 27.7 Å². The first-order valence-electron chi connectivity index (χ1n) is 9.35. The summed E-state index contributed by atoms with van der Waals surface area (Å²) in [5, 5.41) is 7.12. The van der Waals surface area contributed by atoms with Crippen LogP contribution in [0.4, 0.5) is 21.5 Å². The quantitative estimate of drug-likeness (QED) is 0.869. The molecule has 0 radical (unpaired) electrons. The van der Waals surface area contributed by atoms with Gasteiger partial charge in [0.1, 0.15) is 5.82 Å². The molecule has 1 saturated heterocycles. The number of benzene rings is 2. The van der Waals surface area contributed by atoms with E-state index in [0.29, 0.717) is 5.92 Å². The summed E-state index contributed by atoms with van der Waals surface area (Å²) in [6.07, 6.45) is 2.39. The molecule has 3 aliphatic heterocycles. The van der Waals surface area contributed by atoms with Crippen molar-refractivity contribution in [3.05, 3.63) is 52.8 Å². The minimum absolute atomic E-state index is 0.181. The highest BCUT2D eigenvalue weighted by atomic mass is 19.1. The van der Waals surface area contributed by atoms with E-state index in [0.717, 1.165) is 42.4 Å². The molecular formula is C21H24FN3. The Balaban J connectivity index is 1.57. The third-order valence-corrected chi connectivity index (χ3v) is 6.07. The van der Waals surface area contributed by atoms with E-state index in [1.54, 1.807) is 6.07 Å². The first kappa shape index (κ1) is 15.2. The van der Waals surface area contributed by atoms with Crippen LogP contribution in [-0.2, 0) is 6.42 Å². The van der Waals surface area contributed by atoms with Crippen LogP contribution in [0, 0.1) is 18.7 Å². The number of nitrogens with zero attached hydrogens (tertiary/aromatic N) is 1. The van der Waals surface area contributed by atoms with Crippen molar-refractivity contribution in [2.24, 2.45) is 5.92 Å². The van der Waals surface area contributed by atoms with Gasteiger partial charge in [-0.2, -0.15) is 0 Å². The lowest BCUT2D eigenvalue weighted by Gasteiger charge is -2.42. The molecule has 2 aromatic carbocycles. The van der Waals surface area contributed by atoms with Crippen molar-refractivity contribution >= 4 is 17.1 Å². The second-order valence-corrected chi connectivity index (χ2v) is 7.73. The van der Waals surface area contributed by atoms with Crippen molar-refractivity contribution in [1.82, 2.24) is 5.32 Å². The number of hydrogen-bond donors (Lipinski definition) is 2. The Labute approximate surface area is 148 Å². The zero-order chi connectivity index (χ0) is 17.0. The van der Waals surface area contributed by atoms with Gasteiger partial charge in [0, 0.05) is 49.2 Å². The number of aryl methyl sites for hydroxylation is 2. The van der Waals surface area contributed by atoms with Crippen LogP contribution in [0.2, 0.25) is 0 Å². The highest BCUT2D eigenvalue weighted by Crippen LogP contribution is 2.46. The van der Waals surface area contributed by atoms with Crippen molar-refractivity contribution in [3.8, 4) is 0 Å². The van der Waals surface area contributed by atoms with Gasteiger partial charge in [-0.25, -0.2) is 4.39 Å². The topological polar surface area (TPSA) is 27.3 Å². The molecule has 25 heavy (non-hydrogen) atoms. The first-order chi connectivity index (χ1) is 12.2. The number of fused-ring (bicyclic) bond motifs is 2. The van der Waals surface area contributed by atoms with Gasteiger partial charge < -0.3 is 15.5 Å². The Morgan fingerprint density at radius 2 is 2.12 bits per heavy atom. The van der Waals surface area contributed by atoms with Crippen molar-refractivity contribution in [2.45, 2.75) is 25.7 Å². The van der Waals surface area contributed by atoms with E-state index in [9.17, 15) is 4.39 Å². The van der Waals surface area contributed by atoms with Gasteiger partial charge in [0.2, 0.25) is 0 Å². The normalized spacial score (nSPS) is 24.0. The van der Waals surface area contributed by atoms with Gasteiger partial charge in [0.25, 0.3) is 0 Å². The van der Waals surface area contributed by atoms with Gasteiger partial charge in [-0.3, -0.25) is 0 Å². The molecule has 0 spiro atoms. The zero-order valence-electron chi connectivity index (χ0n) is 14.6. The van der Waals surface area contributed by atoms with E-state index in [1.165, 1.54) is 42.4 Å². The molecule has 2 atom stereocenters. The summed E-state index contributed by atoms with van der Waals surface area (Å²) in [6.45, 7) is 6.55. The second-order valence-electron chi connectivity index (χ2n) is 7.73. The number of nitrogens with one attached hydrogen (secondary N) is 2. The van der Waals surface area contributed by atoms with Gasteiger partial charge in [0.05, 0.1) is 0 Å². The Bertz CT molecular complexity index is 832. The molecule has 5 rings (SSSR count). The predicted octanol–water partition coefficient (Wildman–Crippen LogP) is 3.95. The molecule has 3 heterocycles. The SMILES string of the molecule is Cc1cc(F)ccc1Nc1cc2c3c(c1)[C@@H]1CNC[C@@H]1CN3CCC2. The molecular weight excluding hydrogens is 313 g/mol. The third kappa shape index (κ3) is 2.51.